The van der Waals surface area contributed by atoms with Gasteiger partial charge in [0.05, 0.1) is 24.1 Å². The van der Waals surface area contributed by atoms with E-state index < -0.39 is 0 Å². The number of aromatic nitrogens is 3. The molecule has 2 amide bonds. The highest BCUT2D eigenvalue weighted by molar-refractivity contribution is 6.02. The molecule has 0 radical (unpaired) electrons. The summed E-state index contributed by atoms with van der Waals surface area (Å²) in [7, 11) is 1.54. The Morgan fingerprint density at radius 3 is 2.77 bits per heavy atom. The fourth-order valence-electron chi connectivity index (χ4n) is 4.67. The van der Waals surface area contributed by atoms with Crippen LogP contribution in [0, 0.1) is 0 Å². The molecule has 0 saturated heterocycles. The second kappa shape index (κ2) is 10.3. The maximum absolute atomic E-state index is 12.7. The number of nitrogens with one attached hydrogen (secondary N) is 3. The van der Waals surface area contributed by atoms with Crippen LogP contribution in [0.15, 0.2) is 79.0 Å². The second-order valence-electron chi connectivity index (χ2n) is 9.08. The molecule has 194 valence electrons. The van der Waals surface area contributed by atoms with E-state index in [0.717, 1.165) is 39.8 Å². The van der Waals surface area contributed by atoms with Crippen molar-refractivity contribution in [1.29, 1.82) is 0 Å². The average molecular weight is 520 g/mol. The Morgan fingerprint density at radius 2 is 1.90 bits per heavy atom. The Morgan fingerprint density at radius 1 is 1.03 bits per heavy atom. The monoisotopic (exact) mass is 519 g/mol. The lowest BCUT2D eigenvalue weighted by atomic mass is 10.1. The fraction of sp³-hybridized carbons (Fsp3) is 0.133. The van der Waals surface area contributed by atoms with Crippen molar-refractivity contribution < 1.29 is 19.1 Å². The summed E-state index contributed by atoms with van der Waals surface area (Å²) in [5.41, 5.74) is 4.42. The number of hydrogen-bond donors (Lipinski definition) is 3. The first-order valence-corrected chi connectivity index (χ1v) is 12.5. The van der Waals surface area contributed by atoms with E-state index in [-0.39, 0.29) is 18.4 Å². The molecular weight excluding hydrogens is 494 g/mol. The molecule has 3 heterocycles. The van der Waals surface area contributed by atoms with Gasteiger partial charge in [0.25, 0.3) is 11.8 Å². The van der Waals surface area contributed by atoms with Gasteiger partial charge in [-0.15, -0.1) is 0 Å². The summed E-state index contributed by atoms with van der Waals surface area (Å²) in [4.78, 5) is 37.2. The van der Waals surface area contributed by atoms with Gasteiger partial charge in [0, 0.05) is 41.5 Å². The summed E-state index contributed by atoms with van der Waals surface area (Å²) in [5, 5.41) is 7.77. The predicted octanol–water partition coefficient (Wildman–Crippen LogP) is 4.60. The fourth-order valence-corrected chi connectivity index (χ4v) is 4.67. The van der Waals surface area contributed by atoms with Crippen molar-refractivity contribution >= 4 is 28.3 Å². The van der Waals surface area contributed by atoms with Crippen LogP contribution in [0.25, 0.3) is 33.5 Å². The molecule has 0 fully saturated rings. The van der Waals surface area contributed by atoms with Crippen molar-refractivity contribution in [1.82, 2.24) is 20.3 Å². The van der Waals surface area contributed by atoms with Crippen LogP contribution in [0.2, 0.25) is 0 Å². The standard InChI is InChI=1S/C30H25N5O4/c1-38-27-15-19(29-31-13-12-24(35-29)25-16-21-23(33-25)11-14-32-30(21)37)9-10-26(27)39-17-28(36)34-22-8-4-6-18-5-2-3-7-20(18)22/h2-10,12-13,15-16,33H,11,14,17H2,1H3,(H,32,37)(H,34,36). The molecule has 0 atom stereocenters. The van der Waals surface area contributed by atoms with E-state index in [2.05, 4.69) is 20.6 Å². The van der Waals surface area contributed by atoms with Crippen LogP contribution in [0.1, 0.15) is 16.1 Å². The Hall–Kier alpha value is -5.18. The topological polar surface area (TPSA) is 118 Å². The Bertz CT molecular complexity index is 1710. The summed E-state index contributed by atoms with van der Waals surface area (Å²) in [5.74, 6) is 0.998. The first-order chi connectivity index (χ1) is 19.1. The van der Waals surface area contributed by atoms with Crippen molar-refractivity contribution in [3.05, 3.63) is 90.3 Å². The van der Waals surface area contributed by atoms with Gasteiger partial charge in [0.2, 0.25) is 0 Å². The maximum Gasteiger partial charge on any atom is 0.262 e. The molecule has 6 rings (SSSR count). The summed E-state index contributed by atoms with van der Waals surface area (Å²) in [6, 6.07) is 22.5. The summed E-state index contributed by atoms with van der Waals surface area (Å²) in [6.07, 6.45) is 2.42. The number of H-pyrrole nitrogens is 1. The van der Waals surface area contributed by atoms with Crippen LogP contribution in [0.5, 0.6) is 11.5 Å². The zero-order valence-electron chi connectivity index (χ0n) is 21.2. The minimum absolute atomic E-state index is 0.0841. The van der Waals surface area contributed by atoms with E-state index in [1.807, 2.05) is 54.6 Å². The first kappa shape index (κ1) is 24.2. The molecule has 3 N–H and O–H groups in total. The molecule has 3 aromatic carbocycles. The van der Waals surface area contributed by atoms with Gasteiger partial charge in [-0.2, -0.15) is 0 Å². The number of hydrogen-bond acceptors (Lipinski definition) is 6. The Labute approximate surface area is 224 Å². The third-order valence-electron chi connectivity index (χ3n) is 6.58. The highest BCUT2D eigenvalue weighted by atomic mass is 16.5. The molecule has 5 aromatic rings. The maximum atomic E-state index is 12.7. The molecule has 0 aliphatic carbocycles. The third kappa shape index (κ3) is 4.89. The number of ether oxygens (including phenoxy) is 2. The minimum Gasteiger partial charge on any atom is -0.493 e. The molecule has 9 nitrogen and oxygen atoms in total. The smallest absolute Gasteiger partial charge is 0.262 e. The molecule has 0 saturated carbocycles. The van der Waals surface area contributed by atoms with Gasteiger partial charge in [-0.05, 0) is 41.8 Å². The highest BCUT2D eigenvalue weighted by Crippen LogP contribution is 2.32. The number of anilines is 1. The molecule has 1 aliphatic heterocycles. The third-order valence-corrected chi connectivity index (χ3v) is 6.58. The van der Waals surface area contributed by atoms with Crippen LogP contribution < -0.4 is 20.1 Å². The van der Waals surface area contributed by atoms with Crippen LogP contribution in [0.3, 0.4) is 0 Å². The number of carbonyl (C=O) groups is 2. The zero-order valence-corrected chi connectivity index (χ0v) is 21.2. The van der Waals surface area contributed by atoms with E-state index in [4.69, 9.17) is 14.5 Å². The summed E-state index contributed by atoms with van der Waals surface area (Å²) in [6.45, 7) is 0.426. The predicted molar refractivity (Wildman–Crippen MR) is 148 cm³/mol. The van der Waals surface area contributed by atoms with Gasteiger partial charge in [-0.3, -0.25) is 9.59 Å². The largest absolute Gasteiger partial charge is 0.493 e. The van der Waals surface area contributed by atoms with Crippen LogP contribution >= 0.6 is 0 Å². The van der Waals surface area contributed by atoms with Crippen molar-refractivity contribution in [3.8, 4) is 34.3 Å². The number of fused-ring (bicyclic) bond motifs is 2. The van der Waals surface area contributed by atoms with E-state index in [1.165, 1.54) is 7.11 Å². The van der Waals surface area contributed by atoms with Gasteiger partial charge < -0.3 is 25.1 Å². The van der Waals surface area contributed by atoms with E-state index in [0.29, 0.717) is 35.1 Å². The summed E-state index contributed by atoms with van der Waals surface area (Å²) < 4.78 is 11.3. The number of methoxy groups -OCH3 is 1. The van der Waals surface area contributed by atoms with Gasteiger partial charge in [-0.1, -0.05) is 36.4 Å². The SMILES string of the molecule is COc1cc(-c2nccc(-c3cc4c([nH]3)CCNC4=O)n2)ccc1OCC(=O)Nc1cccc2ccccc12. The number of rotatable bonds is 7. The molecule has 0 unspecified atom stereocenters. The zero-order chi connectivity index (χ0) is 26.8. The molecule has 9 heteroatoms. The first-order valence-electron chi connectivity index (χ1n) is 12.5. The minimum atomic E-state index is -0.282. The number of benzene rings is 3. The molecule has 1 aliphatic rings. The van der Waals surface area contributed by atoms with Crippen molar-refractivity contribution in [2.75, 3.05) is 25.6 Å². The lowest BCUT2D eigenvalue weighted by Gasteiger charge is -2.13. The highest BCUT2D eigenvalue weighted by Gasteiger charge is 2.21. The van der Waals surface area contributed by atoms with Crippen molar-refractivity contribution in [2.24, 2.45) is 0 Å². The molecule has 2 aromatic heterocycles. The number of carbonyl (C=O) groups excluding carboxylic acids is 2. The lowest BCUT2D eigenvalue weighted by Crippen LogP contribution is -2.31. The quantitative estimate of drug-likeness (QED) is 0.289. The van der Waals surface area contributed by atoms with E-state index in [1.54, 1.807) is 24.4 Å². The second-order valence-corrected chi connectivity index (χ2v) is 9.08. The van der Waals surface area contributed by atoms with Crippen molar-refractivity contribution in [2.45, 2.75) is 6.42 Å². The number of aromatic amines is 1. The Balaban J connectivity index is 1.18. The molecular formula is C30H25N5O4. The average Bonchev–Trinajstić information content (AvgIpc) is 3.42. The lowest BCUT2D eigenvalue weighted by molar-refractivity contribution is -0.118. The van der Waals surface area contributed by atoms with E-state index in [9.17, 15) is 9.59 Å². The van der Waals surface area contributed by atoms with Crippen molar-refractivity contribution in [3.63, 3.8) is 0 Å². The van der Waals surface area contributed by atoms with Crippen LogP contribution in [0.4, 0.5) is 5.69 Å². The normalized spacial score (nSPS) is 12.5. The summed E-state index contributed by atoms with van der Waals surface area (Å²) >= 11 is 0. The van der Waals surface area contributed by atoms with Gasteiger partial charge in [0.1, 0.15) is 0 Å². The van der Waals surface area contributed by atoms with E-state index >= 15 is 0 Å². The van der Waals surface area contributed by atoms with Gasteiger partial charge in [0.15, 0.2) is 23.9 Å². The molecule has 0 spiro atoms. The molecule has 39 heavy (non-hydrogen) atoms. The number of nitrogens with zero attached hydrogens (tertiary/aromatic N) is 2. The Kier molecular flexibility index (Phi) is 6.38. The van der Waals surface area contributed by atoms with Crippen LogP contribution in [-0.4, -0.2) is 47.0 Å². The van der Waals surface area contributed by atoms with Gasteiger partial charge in [-0.25, -0.2) is 9.97 Å². The molecule has 0 bridgehead atoms. The van der Waals surface area contributed by atoms with Gasteiger partial charge >= 0.3 is 0 Å². The number of amides is 2. The van der Waals surface area contributed by atoms with Crippen LogP contribution in [-0.2, 0) is 11.2 Å².